The van der Waals surface area contributed by atoms with Gasteiger partial charge in [-0.25, -0.2) is 4.90 Å². The van der Waals surface area contributed by atoms with Crippen LogP contribution in [0.2, 0.25) is 0 Å². The summed E-state index contributed by atoms with van der Waals surface area (Å²) in [6.45, 7) is 1.50. The van der Waals surface area contributed by atoms with E-state index in [1.807, 2.05) is 24.3 Å². The standard InChI is InChI=1S/C26H19NO3/c1-14(28)15-10-12-16(13-11-15)27-25(29)23-21-17-6-2-3-7-18(17)22(24(23)26(27)30)20-9-5-4-8-19(20)21/h2-13,21-24H,1H3. The van der Waals surface area contributed by atoms with E-state index >= 15 is 0 Å². The fourth-order valence-electron chi connectivity index (χ4n) is 5.78. The van der Waals surface area contributed by atoms with Crippen LogP contribution in [0.5, 0.6) is 0 Å². The van der Waals surface area contributed by atoms with E-state index in [0.717, 1.165) is 22.3 Å². The Morgan fingerprint density at radius 1 is 0.667 bits per heavy atom. The van der Waals surface area contributed by atoms with Crippen molar-refractivity contribution in [2.45, 2.75) is 18.8 Å². The summed E-state index contributed by atoms with van der Waals surface area (Å²) in [6, 6.07) is 23.2. The van der Waals surface area contributed by atoms with Crippen LogP contribution in [-0.4, -0.2) is 17.6 Å². The molecule has 2 unspecified atom stereocenters. The average molecular weight is 393 g/mol. The van der Waals surface area contributed by atoms with Gasteiger partial charge in [0.1, 0.15) is 0 Å². The van der Waals surface area contributed by atoms with Gasteiger partial charge < -0.3 is 0 Å². The molecule has 3 aliphatic carbocycles. The molecule has 0 spiro atoms. The number of carbonyl (C=O) groups excluding carboxylic acids is 3. The van der Waals surface area contributed by atoms with Gasteiger partial charge in [-0.05, 0) is 53.4 Å². The highest BCUT2D eigenvalue weighted by Crippen LogP contribution is 2.61. The van der Waals surface area contributed by atoms with Crippen LogP contribution in [0.25, 0.3) is 0 Å². The number of rotatable bonds is 2. The van der Waals surface area contributed by atoms with Crippen LogP contribution in [0.3, 0.4) is 0 Å². The Hall–Kier alpha value is -3.53. The third-order valence-electron chi connectivity index (χ3n) is 6.98. The summed E-state index contributed by atoms with van der Waals surface area (Å²) in [6.07, 6.45) is 0. The number of Topliss-reactive ketones (excluding diaryl/α,β-unsaturated/α-hetero) is 1. The van der Waals surface area contributed by atoms with E-state index in [1.165, 1.54) is 11.8 Å². The first-order chi connectivity index (χ1) is 14.6. The van der Waals surface area contributed by atoms with Gasteiger partial charge in [0.05, 0.1) is 17.5 Å². The molecule has 3 aromatic carbocycles. The summed E-state index contributed by atoms with van der Waals surface area (Å²) in [5, 5.41) is 0. The predicted molar refractivity (Wildman–Crippen MR) is 112 cm³/mol. The molecule has 2 amide bonds. The molecular formula is C26H19NO3. The van der Waals surface area contributed by atoms with E-state index in [2.05, 4.69) is 24.3 Å². The molecule has 4 heteroatoms. The number of amides is 2. The van der Waals surface area contributed by atoms with E-state index in [-0.39, 0.29) is 41.3 Å². The number of nitrogens with zero attached hydrogens (tertiary/aromatic N) is 1. The van der Waals surface area contributed by atoms with E-state index < -0.39 is 0 Å². The van der Waals surface area contributed by atoms with Crippen molar-refractivity contribution >= 4 is 23.3 Å². The van der Waals surface area contributed by atoms with Crippen molar-refractivity contribution in [3.63, 3.8) is 0 Å². The molecular weight excluding hydrogens is 374 g/mol. The average Bonchev–Trinajstić information content (AvgIpc) is 3.04. The topological polar surface area (TPSA) is 54.5 Å². The number of anilines is 1. The van der Waals surface area contributed by atoms with Crippen LogP contribution < -0.4 is 4.90 Å². The van der Waals surface area contributed by atoms with E-state index in [9.17, 15) is 14.4 Å². The van der Waals surface area contributed by atoms with Crippen molar-refractivity contribution < 1.29 is 14.4 Å². The van der Waals surface area contributed by atoms with Crippen LogP contribution in [0.15, 0.2) is 72.8 Å². The maximum Gasteiger partial charge on any atom is 0.238 e. The van der Waals surface area contributed by atoms with Crippen LogP contribution in [0.1, 0.15) is 51.4 Å². The van der Waals surface area contributed by atoms with Gasteiger partial charge in [-0.1, -0.05) is 48.5 Å². The minimum atomic E-state index is -0.389. The van der Waals surface area contributed by atoms with Gasteiger partial charge in [0.25, 0.3) is 0 Å². The first-order valence-electron chi connectivity index (χ1n) is 10.2. The van der Waals surface area contributed by atoms with Crippen molar-refractivity contribution in [2.75, 3.05) is 4.90 Å². The Labute approximate surface area is 174 Å². The van der Waals surface area contributed by atoms with E-state index in [4.69, 9.17) is 0 Å². The molecule has 1 fully saturated rings. The van der Waals surface area contributed by atoms with Gasteiger partial charge in [0.15, 0.2) is 5.78 Å². The summed E-state index contributed by atoms with van der Waals surface area (Å²) in [4.78, 5) is 40.2. The van der Waals surface area contributed by atoms with E-state index in [0.29, 0.717) is 11.3 Å². The molecule has 3 aromatic rings. The number of ketones is 1. The maximum atomic E-state index is 13.6. The molecule has 0 aromatic heterocycles. The van der Waals surface area contributed by atoms with Gasteiger partial charge in [-0.2, -0.15) is 0 Å². The zero-order valence-corrected chi connectivity index (χ0v) is 16.4. The van der Waals surface area contributed by atoms with Gasteiger partial charge in [-0.15, -0.1) is 0 Å². The third kappa shape index (κ3) is 2.08. The molecule has 1 saturated heterocycles. The van der Waals surface area contributed by atoms with Crippen LogP contribution in [0, 0.1) is 11.8 Å². The molecule has 146 valence electrons. The summed E-state index contributed by atoms with van der Waals surface area (Å²) >= 11 is 0. The molecule has 1 heterocycles. The van der Waals surface area contributed by atoms with Gasteiger partial charge in [-0.3, -0.25) is 14.4 Å². The fourth-order valence-corrected chi connectivity index (χ4v) is 5.78. The third-order valence-corrected chi connectivity index (χ3v) is 6.98. The van der Waals surface area contributed by atoms with Crippen LogP contribution in [-0.2, 0) is 9.59 Å². The molecule has 30 heavy (non-hydrogen) atoms. The molecule has 2 bridgehead atoms. The summed E-state index contributed by atoms with van der Waals surface area (Å²) in [7, 11) is 0. The van der Waals surface area contributed by atoms with Gasteiger partial charge in [0, 0.05) is 17.4 Å². The number of imide groups is 1. The van der Waals surface area contributed by atoms with Gasteiger partial charge >= 0.3 is 0 Å². The Morgan fingerprint density at radius 3 is 1.43 bits per heavy atom. The lowest BCUT2D eigenvalue weighted by molar-refractivity contribution is -0.122. The lowest BCUT2D eigenvalue weighted by atomic mass is 9.55. The highest BCUT2D eigenvalue weighted by atomic mass is 16.2. The molecule has 4 nitrogen and oxygen atoms in total. The van der Waals surface area contributed by atoms with Crippen molar-refractivity contribution in [1.82, 2.24) is 0 Å². The smallest absolute Gasteiger partial charge is 0.238 e. The van der Waals surface area contributed by atoms with Crippen LogP contribution >= 0.6 is 0 Å². The summed E-state index contributed by atoms with van der Waals surface area (Å²) in [5.41, 5.74) is 5.76. The quantitative estimate of drug-likeness (QED) is 0.482. The highest BCUT2D eigenvalue weighted by molar-refractivity contribution is 6.23. The number of hydrogen-bond donors (Lipinski definition) is 0. The minimum absolute atomic E-state index is 0.0433. The zero-order valence-electron chi connectivity index (χ0n) is 16.4. The van der Waals surface area contributed by atoms with Crippen molar-refractivity contribution in [1.29, 1.82) is 0 Å². The van der Waals surface area contributed by atoms with Crippen molar-refractivity contribution in [3.8, 4) is 0 Å². The largest absolute Gasteiger partial charge is 0.295 e. The summed E-state index contributed by atoms with van der Waals surface area (Å²) in [5.74, 6) is -1.31. The normalized spacial score (nSPS) is 25.7. The lowest BCUT2D eigenvalue weighted by Crippen LogP contribution is -2.41. The Morgan fingerprint density at radius 2 is 1.07 bits per heavy atom. The first-order valence-corrected chi connectivity index (χ1v) is 10.2. The highest BCUT2D eigenvalue weighted by Gasteiger charge is 2.61. The molecule has 7 rings (SSSR count). The Kier molecular flexibility index (Phi) is 3.46. The second-order valence-corrected chi connectivity index (χ2v) is 8.38. The molecule has 0 saturated carbocycles. The molecule has 2 atom stereocenters. The lowest BCUT2D eigenvalue weighted by Gasteiger charge is -2.45. The van der Waals surface area contributed by atoms with Crippen LogP contribution in [0.4, 0.5) is 5.69 Å². The number of benzene rings is 3. The molecule has 0 N–H and O–H groups in total. The Bertz CT molecular complexity index is 1130. The van der Waals surface area contributed by atoms with Gasteiger partial charge in [0.2, 0.25) is 11.8 Å². The second kappa shape index (κ2) is 5.99. The predicted octanol–water partition coefficient (Wildman–Crippen LogP) is 4.29. The van der Waals surface area contributed by atoms with E-state index in [1.54, 1.807) is 24.3 Å². The SMILES string of the molecule is CC(=O)c1ccc(N2C(=O)C3C4c5ccccc5C(c5ccccc54)C3C2=O)cc1. The summed E-state index contributed by atoms with van der Waals surface area (Å²) < 4.78 is 0. The monoisotopic (exact) mass is 393 g/mol. The van der Waals surface area contributed by atoms with Crippen molar-refractivity contribution in [3.05, 3.63) is 101 Å². The second-order valence-electron chi connectivity index (χ2n) is 8.38. The molecule has 0 radical (unpaired) electrons. The maximum absolute atomic E-state index is 13.6. The Balaban J connectivity index is 1.51. The fraction of sp³-hybridized carbons (Fsp3) is 0.192. The zero-order chi connectivity index (χ0) is 20.6. The number of carbonyl (C=O) groups is 3. The first kappa shape index (κ1) is 17.3. The number of hydrogen-bond acceptors (Lipinski definition) is 3. The minimum Gasteiger partial charge on any atom is -0.295 e. The molecule has 1 aliphatic heterocycles. The molecule has 4 aliphatic rings. The van der Waals surface area contributed by atoms with Crippen molar-refractivity contribution in [2.24, 2.45) is 11.8 Å².